The zero-order chi connectivity index (χ0) is 16.4. The molecule has 0 aliphatic heterocycles. The van der Waals surface area contributed by atoms with E-state index < -0.39 is 41.9 Å². The molecule has 0 saturated carbocycles. The number of carboxylic acid groups (broad SMARTS) is 1. The second-order valence-corrected chi connectivity index (χ2v) is 4.92. The Kier molecular flexibility index (Phi) is 5.66. The summed E-state index contributed by atoms with van der Waals surface area (Å²) in [5.74, 6) is -2.94. The van der Waals surface area contributed by atoms with E-state index in [0.29, 0.717) is 0 Å². The Balaban J connectivity index is 3.16. The van der Waals surface area contributed by atoms with Crippen molar-refractivity contribution in [1.82, 2.24) is 9.88 Å². The molecule has 1 rings (SSSR count). The maximum atomic E-state index is 12.4. The lowest BCUT2D eigenvalue weighted by atomic mass is 10.3. The summed E-state index contributed by atoms with van der Waals surface area (Å²) in [5, 5.41) is 7.77. The fourth-order valence-corrected chi connectivity index (χ4v) is 1.88. The van der Waals surface area contributed by atoms with E-state index in [-0.39, 0.29) is 14.9 Å². The van der Waals surface area contributed by atoms with Crippen LogP contribution in [0.4, 0.5) is 13.2 Å². The fraction of sp³-hybridized carbons (Fsp3) is 0.300. The first-order valence-electron chi connectivity index (χ1n) is 5.10. The molecule has 0 fully saturated rings. The molecule has 1 heterocycles. The molecule has 1 amide bonds. The van der Waals surface area contributed by atoms with E-state index in [1.54, 1.807) is 0 Å². The number of halogens is 6. The van der Waals surface area contributed by atoms with Crippen molar-refractivity contribution in [2.45, 2.75) is 6.18 Å². The zero-order valence-electron chi connectivity index (χ0n) is 9.92. The molecule has 1 aromatic heterocycles. The number of hydrogen-bond acceptors (Lipinski definition) is 3. The van der Waals surface area contributed by atoms with Crippen molar-refractivity contribution >= 4 is 46.7 Å². The number of rotatable bonds is 4. The first kappa shape index (κ1) is 17.8. The van der Waals surface area contributed by atoms with Gasteiger partial charge in [-0.15, -0.1) is 0 Å². The predicted octanol–water partition coefficient (Wildman–Crippen LogP) is 3.13. The van der Waals surface area contributed by atoms with Crippen molar-refractivity contribution in [3.63, 3.8) is 0 Å². The molecule has 1 aromatic rings. The normalized spacial score (nSPS) is 11.3. The van der Waals surface area contributed by atoms with Gasteiger partial charge in [0.1, 0.15) is 18.8 Å². The second kappa shape index (κ2) is 6.67. The lowest BCUT2D eigenvalue weighted by Crippen LogP contribution is -2.42. The Morgan fingerprint density at radius 1 is 1.24 bits per heavy atom. The molecule has 0 atom stereocenters. The number of carbonyl (C=O) groups excluding carboxylic acids is 1. The van der Waals surface area contributed by atoms with Gasteiger partial charge in [0.05, 0.1) is 15.1 Å². The van der Waals surface area contributed by atoms with Gasteiger partial charge in [-0.3, -0.25) is 9.59 Å². The number of pyridine rings is 1. The van der Waals surface area contributed by atoms with Crippen LogP contribution in [-0.4, -0.2) is 46.1 Å². The van der Waals surface area contributed by atoms with E-state index >= 15 is 0 Å². The maximum absolute atomic E-state index is 12.4. The van der Waals surface area contributed by atoms with E-state index in [1.165, 1.54) is 0 Å². The fourth-order valence-electron chi connectivity index (χ4n) is 1.32. The van der Waals surface area contributed by atoms with Gasteiger partial charge >= 0.3 is 12.1 Å². The van der Waals surface area contributed by atoms with Crippen LogP contribution in [0.5, 0.6) is 0 Å². The highest BCUT2D eigenvalue weighted by molar-refractivity contribution is 6.48. The Hall–Kier alpha value is -1.25. The number of aliphatic carboxylic acids is 1. The molecule has 5 nitrogen and oxygen atoms in total. The summed E-state index contributed by atoms with van der Waals surface area (Å²) in [5.41, 5.74) is -0.614. The van der Waals surface area contributed by atoms with Crippen LogP contribution in [0.1, 0.15) is 10.5 Å². The minimum Gasteiger partial charge on any atom is -0.480 e. The van der Waals surface area contributed by atoms with E-state index in [9.17, 15) is 22.8 Å². The highest BCUT2D eigenvalue weighted by atomic mass is 35.5. The topological polar surface area (TPSA) is 70.5 Å². The Bertz CT molecular complexity index is 581. The highest BCUT2D eigenvalue weighted by Gasteiger charge is 2.35. The minimum absolute atomic E-state index is 0.0424. The van der Waals surface area contributed by atoms with Gasteiger partial charge in [-0.2, -0.15) is 13.2 Å². The van der Waals surface area contributed by atoms with Gasteiger partial charge in [-0.05, 0) is 0 Å². The predicted molar refractivity (Wildman–Crippen MR) is 68.9 cm³/mol. The molecule has 11 heteroatoms. The third kappa shape index (κ3) is 4.90. The van der Waals surface area contributed by atoms with Crippen LogP contribution < -0.4 is 0 Å². The largest absolute Gasteiger partial charge is 0.480 e. The van der Waals surface area contributed by atoms with Crippen molar-refractivity contribution in [3.05, 3.63) is 27.0 Å². The molecular formula is C10H6Cl3F3N2O3. The molecule has 0 unspecified atom stereocenters. The molecule has 0 saturated heterocycles. The van der Waals surface area contributed by atoms with Crippen molar-refractivity contribution in [1.29, 1.82) is 0 Å². The lowest BCUT2D eigenvalue weighted by molar-refractivity contribution is -0.149. The number of alkyl halides is 3. The number of carboxylic acids is 1. The lowest BCUT2D eigenvalue weighted by Gasteiger charge is -2.22. The standard InChI is InChI=1S/C10H6Cl3F3N2O3/c11-4-1-17-8(7(13)6(4)12)9(21)18(2-5(19)20)3-10(14,15)16/h1H,2-3H2,(H,19,20). The average molecular weight is 366 g/mol. The number of amides is 1. The van der Waals surface area contributed by atoms with E-state index in [1.807, 2.05) is 0 Å². The van der Waals surface area contributed by atoms with Crippen LogP contribution in [0.3, 0.4) is 0 Å². The van der Waals surface area contributed by atoms with Crippen LogP contribution in [0, 0.1) is 0 Å². The van der Waals surface area contributed by atoms with E-state index in [2.05, 4.69) is 4.98 Å². The molecule has 0 aliphatic rings. The van der Waals surface area contributed by atoms with Gasteiger partial charge in [0.15, 0.2) is 0 Å². The third-order valence-electron chi connectivity index (χ3n) is 2.10. The Morgan fingerprint density at radius 2 is 1.81 bits per heavy atom. The number of nitrogens with zero attached hydrogens (tertiary/aromatic N) is 2. The summed E-state index contributed by atoms with van der Waals surface area (Å²) in [7, 11) is 0. The maximum Gasteiger partial charge on any atom is 0.406 e. The van der Waals surface area contributed by atoms with Gasteiger partial charge < -0.3 is 10.0 Å². The number of hydrogen-bond donors (Lipinski definition) is 1. The summed E-state index contributed by atoms with van der Waals surface area (Å²) in [6, 6.07) is 0. The van der Waals surface area contributed by atoms with Crippen molar-refractivity contribution in [2.75, 3.05) is 13.1 Å². The Labute approximate surface area is 131 Å². The van der Waals surface area contributed by atoms with Crippen molar-refractivity contribution in [2.24, 2.45) is 0 Å². The van der Waals surface area contributed by atoms with Gasteiger partial charge in [0.25, 0.3) is 5.91 Å². The zero-order valence-corrected chi connectivity index (χ0v) is 12.2. The molecule has 0 aliphatic carbocycles. The van der Waals surface area contributed by atoms with E-state index in [4.69, 9.17) is 39.9 Å². The van der Waals surface area contributed by atoms with Crippen molar-refractivity contribution < 1.29 is 27.9 Å². The Morgan fingerprint density at radius 3 is 2.29 bits per heavy atom. The SMILES string of the molecule is O=C(O)CN(CC(F)(F)F)C(=O)c1ncc(Cl)c(Cl)c1Cl. The summed E-state index contributed by atoms with van der Waals surface area (Å²) in [6.45, 7) is -2.94. The van der Waals surface area contributed by atoms with Gasteiger partial charge in [0, 0.05) is 6.20 Å². The molecule has 116 valence electrons. The van der Waals surface area contributed by atoms with Gasteiger partial charge in [0.2, 0.25) is 0 Å². The number of aromatic nitrogens is 1. The summed E-state index contributed by atoms with van der Waals surface area (Å²) in [4.78, 5) is 26.1. The highest BCUT2D eigenvalue weighted by Crippen LogP contribution is 2.32. The third-order valence-corrected chi connectivity index (χ3v) is 3.34. The monoisotopic (exact) mass is 364 g/mol. The van der Waals surface area contributed by atoms with E-state index in [0.717, 1.165) is 6.20 Å². The van der Waals surface area contributed by atoms with Crippen molar-refractivity contribution in [3.8, 4) is 0 Å². The van der Waals surface area contributed by atoms with Crippen LogP contribution in [0.2, 0.25) is 15.1 Å². The molecule has 0 aromatic carbocycles. The quantitative estimate of drug-likeness (QED) is 0.890. The summed E-state index contributed by atoms with van der Waals surface area (Å²) < 4.78 is 37.2. The molecule has 0 radical (unpaired) electrons. The molecule has 1 N–H and O–H groups in total. The second-order valence-electron chi connectivity index (χ2n) is 3.75. The summed E-state index contributed by atoms with van der Waals surface area (Å²) >= 11 is 16.9. The molecule has 0 spiro atoms. The summed E-state index contributed by atoms with van der Waals surface area (Å²) in [6.07, 6.45) is -3.86. The van der Waals surface area contributed by atoms with Gasteiger partial charge in [-0.25, -0.2) is 4.98 Å². The first-order chi connectivity index (χ1) is 9.53. The average Bonchev–Trinajstić information content (AvgIpc) is 2.32. The smallest absolute Gasteiger partial charge is 0.406 e. The number of carbonyl (C=O) groups is 2. The van der Waals surface area contributed by atoms with Crippen LogP contribution in [-0.2, 0) is 4.79 Å². The van der Waals surface area contributed by atoms with Crippen LogP contribution in [0.15, 0.2) is 6.20 Å². The molecule has 0 bridgehead atoms. The molecule has 21 heavy (non-hydrogen) atoms. The van der Waals surface area contributed by atoms with Crippen LogP contribution >= 0.6 is 34.8 Å². The first-order valence-corrected chi connectivity index (χ1v) is 6.23. The van der Waals surface area contributed by atoms with Crippen LogP contribution in [0.25, 0.3) is 0 Å². The van der Waals surface area contributed by atoms with Gasteiger partial charge in [-0.1, -0.05) is 34.8 Å². The minimum atomic E-state index is -4.78. The molecular weight excluding hydrogens is 359 g/mol.